The van der Waals surface area contributed by atoms with Crippen LogP contribution in [0.1, 0.15) is 26.2 Å². The molecule has 20 heavy (non-hydrogen) atoms. The van der Waals surface area contributed by atoms with Crippen molar-refractivity contribution in [1.29, 1.82) is 0 Å². The minimum atomic E-state index is -4.19. The third kappa shape index (κ3) is 13.7. The van der Waals surface area contributed by atoms with Crippen molar-refractivity contribution in [1.82, 2.24) is 16.0 Å². The Kier molecular flexibility index (Phi) is 13.0. The van der Waals surface area contributed by atoms with Crippen molar-refractivity contribution in [2.24, 2.45) is 4.99 Å². The van der Waals surface area contributed by atoms with Crippen LogP contribution in [-0.4, -0.2) is 44.7 Å². The first-order valence-corrected chi connectivity index (χ1v) is 6.17. The van der Waals surface area contributed by atoms with E-state index in [-0.39, 0.29) is 48.8 Å². The molecule has 0 aliphatic rings. The summed E-state index contributed by atoms with van der Waals surface area (Å²) in [5.41, 5.74) is 0. The summed E-state index contributed by atoms with van der Waals surface area (Å²) in [7, 11) is 1.46. The number of rotatable bonds is 7. The lowest BCUT2D eigenvalue weighted by Crippen LogP contribution is -2.40. The van der Waals surface area contributed by atoms with Crippen LogP contribution in [0.2, 0.25) is 0 Å². The van der Waals surface area contributed by atoms with Gasteiger partial charge in [-0.1, -0.05) is 6.92 Å². The molecule has 0 aromatic heterocycles. The molecule has 0 saturated carbocycles. The zero-order chi connectivity index (χ0) is 14.7. The summed E-state index contributed by atoms with van der Waals surface area (Å²) in [4.78, 5) is 15.0. The van der Waals surface area contributed by atoms with E-state index in [9.17, 15) is 18.0 Å². The van der Waals surface area contributed by atoms with Crippen molar-refractivity contribution in [3.63, 3.8) is 0 Å². The van der Waals surface area contributed by atoms with Gasteiger partial charge in [-0.25, -0.2) is 0 Å². The number of hydrogen-bond donors (Lipinski definition) is 3. The Morgan fingerprint density at radius 2 is 1.70 bits per heavy atom. The lowest BCUT2D eigenvalue weighted by Gasteiger charge is -2.12. The predicted molar refractivity (Wildman–Crippen MR) is 83.4 cm³/mol. The summed E-state index contributed by atoms with van der Waals surface area (Å²) in [6.07, 6.45) is -4.00. The van der Waals surface area contributed by atoms with Gasteiger partial charge in [0, 0.05) is 33.1 Å². The average molecular weight is 410 g/mol. The van der Waals surface area contributed by atoms with Gasteiger partial charge in [-0.15, -0.1) is 24.0 Å². The van der Waals surface area contributed by atoms with Crippen LogP contribution in [0.3, 0.4) is 0 Å². The number of aliphatic imine (C=N–C) groups is 1. The van der Waals surface area contributed by atoms with Crippen LogP contribution in [0.25, 0.3) is 0 Å². The second-order valence-corrected chi connectivity index (χ2v) is 3.89. The molecule has 5 nitrogen and oxygen atoms in total. The van der Waals surface area contributed by atoms with Crippen LogP contribution >= 0.6 is 24.0 Å². The fourth-order valence-electron chi connectivity index (χ4n) is 1.19. The van der Waals surface area contributed by atoms with E-state index in [2.05, 4.69) is 20.9 Å². The van der Waals surface area contributed by atoms with E-state index in [4.69, 9.17) is 0 Å². The maximum absolute atomic E-state index is 11.9. The van der Waals surface area contributed by atoms with Crippen LogP contribution in [0.5, 0.6) is 0 Å². The van der Waals surface area contributed by atoms with Crippen molar-refractivity contribution in [2.75, 3.05) is 26.7 Å². The number of halogens is 4. The predicted octanol–water partition coefficient (Wildman–Crippen LogP) is 1.64. The first-order chi connectivity index (χ1) is 8.89. The number of amides is 1. The maximum atomic E-state index is 11.9. The minimum Gasteiger partial charge on any atom is -0.356 e. The third-order valence-electron chi connectivity index (χ3n) is 2.14. The van der Waals surface area contributed by atoms with E-state index < -0.39 is 12.6 Å². The van der Waals surface area contributed by atoms with Gasteiger partial charge in [0.25, 0.3) is 0 Å². The summed E-state index contributed by atoms with van der Waals surface area (Å²) in [5, 5.41) is 8.00. The maximum Gasteiger partial charge on any atom is 0.390 e. The molecule has 0 fully saturated rings. The van der Waals surface area contributed by atoms with Crippen LogP contribution in [0, 0.1) is 0 Å². The second kappa shape index (κ2) is 12.0. The zero-order valence-electron chi connectivity index (χ0n) is 11.6. The van der Waals surface area contributed by atoms with E-state index in [0.29, 0.717) is 13.1 Å². The normalized spacial score (nSPS) is 11.6. The molecule has 1 amide bonds. The van der Waals surface area contributed by atoms with Crippen LogP contribution in [0.4, 0.5) is 13.2 Å². The van der Waals surface area contributed by atoms with Gasteiger partial charge in [-0.05, 0) is 6.42 Å². The summed E-state index contributed by atoms with van der Waals surface area (Å²) in [6.45, 7) is 2.65. The highest BCUT2D eigenvalue weighted by Gasteiger charge is 2.26. The Bertz CT molecular complexity index is 298. The molecule has 0 saturated heterocycles. The lowest BCUT2D eigenvalue weighted by molar-refractivity contribution is -0.132. The van der Waals surface area contributed by atoms with Gasteiger partial charge in [0.1, 0.15) is 0 Å². The fraction of sp³-hybridized carbons (Fsp3) is 0.818. The molecule has 120 valence electrons. The first kappa shape index (κ1) is 21.6. The molecule has 0 aromatic carbocycles. The fourth-order valence-corrected chi connectivity index (χ4v) is 1.19. The van der Waals surface area contributed by atoms with Gasteiger partial charge in [0.2, 0.25) is 5.91 Å². The summed E-state index contributed by atoms with van der Waals surface area (Å²) >= 11 is 0. The molecule has 0 heterocycles. The van der Waals surface area contributed by atoms with Crippen LogP contribution in [0.15, 0.2) is 4.99 Å². The van der Waals surface area contributed by atoms with Gasteiger partial charge in [-0.3, -0.25) is 9.79 Å². The Morgan fingerprint density at radius 3 is 2.20 bits per heavy atom. The summed E-state index contributed by atoms with van der Waals surface area (Å²) in [5.74, 6) is 0.160. The Hall–Kier alpha value is -0.740. The lowest BCUT2D eigenvalue weighted by atomic mass is 10.3. The molecule has 0 bridgehead atoms. The summed E-state index contributed by atoms with van der Waals surface area (Å²) in [6, 6.07) is 0. The molecule has 0 rings (SSSR count). The Balaban J connectivity index is 0. The number of hydrogen-bond acceptors (Lipinski definition) is 2. The van der Waals surface area contributed by atoms with E-state index in [0.717, 1.165) is 6.42 Å². The topological polar surface area (TPSA) is 65.5 Å². The number of nitrogens with one attached hydrogen (secondary N) is 3. The average Bonchev–Trinajstić information content (AvgIpc) is 2.33. The van der Waals surface area contributed by atoms with Gasteiger partial charge in [-0.2, -0.15) is 13.2 Å². The molecule has 0 unspecified atom stereocenters. The van der Waals surface area contributed by atoms with Crippen LogP contribution < -0.4 is 16.0 Å². The smallest absolute Gasteiger partial charge is 0.356 e. The number of carbonyl (C=O) groups excluding carboxylic acids is 1. The highest BCUT2D eigenvalue weighted by molar-refractivity contribution is 14.0. The van der Waals surface area contributed by atoms with E-state index in [1.165, 1.54) is 7.05 Å². The molecule has 0 aliphatic carbocycles. The summed E-state index contributed by atoms with van der Waals surface area (Å²) < 4.78 is 35.8. The van der Waals surface area contributed by atoms with Crippen molar-refractivity contribution in [3.05, 3.63) is 0 Å². The van der Waals surface area contributed by atoms with Gasteiger partial charge in [0.15, 0.2) is 5.96 Å². The Labute approximate surface area is 134 Å². The highest BCUT2D eigenvalue weighted by Crippen LogP contribution is 2.17. The molecule has 0 radical (unpaired) electrons. The van der Waals surface area contributed by atoms with Gasteiger partial charge >= 0.3 is 6.18 Å². The number of carbonyl (C=O) groups is 1. The molecular formula is C11H22F3IN4O. The van der Waals surface area contributed by atoms with Gasteiger partial charge in [0.05, 0.1) is 6.42 Å². The van der Waals surface area contributed by atoms with E-state index in [1.54, 1.807) is 0 Å². The zero-order valence-corrected chi connectivity index (χ0v) is 14.0. The van der Waals surface area contributed by atoms with Crippen molar-refractivity contribution in [3.8, 4) is 0 Å². The van der Waals surface area contributed by atoms with E-state index >= 15 is 0 Å². The van der Waals surface area contributed by atoms with Crippen molar-refractivity contribution < 1.29 is 18.0 Å². The number of guanidine groups is 1. The van der Waals surface area contributed by atoms with Crippen molar-refractivity contribution in [2.45, 2.75) is 32.4 Å². The molecule has 0 spiro atoms. The first-order valence-electron chi connectivity index (χ1n) is 6.17. The molecule has 0 aliphatic heterocycles. The third-order valence-corrected chi connectivity index (χ3v) is 2.14. The number of alkyl halides is 3. The second-order valence-electron chi connectivity index (χ2n) is 3.89. The standard InChI is InChI=1S/C11H21F3N4O.HI/c1-3-6-16-9(19)4-7-17-10(15-2)18-8-5-11(12,13)14;/h3-8H2,1-2H3,(H,16,19)(H2,15,17,18);1H. The molecule has 0 atom stereocenters. The largest absolute Gasteiger partial charge is 0.390 e. The molecule has 3 N–H and O–H groups in total. The highest BCUT2D eigenvalue weighted by atomic mass is 127. The molecular weight excluding hydrogens is 388 g/mol. The minimum absolute atomic E-state index is 0. The quantitative estimate of drug-likeness (QED) is 0.340. The molecule has 0 aromatic rings. The van der Waals surface area contributed by atoms with Gasteiger partial charge < -0.3 is 16.0 Å². The van der Waals surface area contributed by atoms with Crippen molar-refractivity contribution >= 4 is 35.8 Å². The van der Waals surface area contributed by atoms with Crippen LogP contribution in [-0.2, 0) is 4.79 Å². The van der Waals surface area contributed by atoms with E-state index in [1.807, 2.05) is 6.92 Å². The SMILES string of the molecule is CCCNC(=O)CCNC(=NC)NCCC(F)(F)F.I. The Morgan fingerprint density at radius 1 is 1.10 bits per heavy atom. The number of nitrogens with zero attached hydrogens (tertiary/aromatic N) is 1. The monoisotopic (exact) mass is 410 g/mol. The molecule has 9 heteroatoms.